The molecule has 7 aromatic rings. The number of fused-ring (bicyclic) bond motifs is 20. The van der Waals surface area contributed by atoms with E-state index in [-0.39, 0.29) is 63.0 Å². The van der Waals surface area contributed by atoms with Crippen LogP contribution in [0.5, 0.6) is 0 Å². The molecule has 8 bridgehead atoms. The molecule has 25 heteroatoms. The van der Waals surface area contributed by atoms with Crippen LogP contribution in [0.1, 0.15) is 0 Å². The molecule has 9 rings (SSSR count). The normalized spacial score (nSPS) is 12.1. The molecule has 4 aromatic carbocycles. The maximum absolute atomic E-state index is 7.09. The van der Waals surface area contributed by atoms with E-state index < -0.39 is 0 Å². The Hall–Kier alpha value is 1.68. The molecule has 0 saturated carbocycles. The van der Waals surface area contributed by atoms with Crippen molar-refractivity contribution in [2.24, 2.45) is 0 Å². The molecule has 0 atom stereocenters. The molecule has 57 heavy (non-hydrogen) atoms. The van der Waals surface area contributed by atoms with Gasteiger partial charge in [0, 0.05) is 102 Å². The zero-order chi connectivity index (χ0) is 40.1. The second-order valence-corrected chi connectivity index (χ2v) is 22.5. The summed E-state index contributed by atoms with van der Waals surface area (Å²) in [6.07, 6.45) is 0. The summed E-state index contributed by atoms with van der Waals surface area (Å²) in [5, 5.41) is 3.32. The van der Waals surface area contributed by atoms with Crippen LogP contribution >= 0.6 is 238 Å². The van der Waals surface area contributed by atoms with E-state index >= 15 is 0 Å². The maximum Gasteiger partial charge on any atom is 2.00 e. The van der Waals surface area contributed by atoms with E-state index in [1.54, 1.807) is 0 Å². The van der Waals surface area contributed by atoms with E-state index in [0.717, 1.165) is 0 Å². The standard InChI is InChI=1S/C32Br12Cl4N8.Cu/c33-9-1-5(21(45)17(41)13(9)37)29-49-25(1)53-30-6-2(10(34)14(38)18(42)22(6)46)27(50-30)55-32-8-4(12(36)16(40)20(44)24(8)48)28(52-32)56-31-7-3(26(51-31)54-29)11(35)15(39)19(43)23(7)47;/q-2;+2. The molecule has 0 unspecified atom stereocenters. The number of halogens is 16. The average molecular weight is 1660 g/mol. The topological polar surface area (TPSA) is 106 Å². The minimum absolute atomic E-state index is 0. The fraction of sp³-hybridized carbons (Fsp3) is 0. The molecule has 0 amide bonds. The molecule has 3 aromatic heterocycles. The van der Waals surface area contributed by atoms with Gasteiger partial charge < -0.3 is 29.9 Å². The molecule has 0 fully saturated rings. The second-order valence-electron chi connectivity index (χ2n) is 11.5. The zero-order valence-corrected chi connectivity index (χ0v) is 48.9. The van der Waals surface area contributed by atoms with Gasteiger partial charge >= 0.3 is 17.1 Å². The first-order chi connectivity index (χ1) is 26.4. The van der Waals surface area contributed by atoms with Gasteiger partial charge in [-0.15, -0.1) is 0 Å². The SMILES string of the molecule is Clc1c(Br)c(Br)c(Br)c2c1-c1nc-2nc2[n-]c(nc3nc(nc4[n-]c(n1)c1c(Br)c(Br)c(Br)c(Cl)c41)-c1c(Br)c(Br)c(Br)c(Cl)c1-3)c1c(Br)c(Br)c(Br)c(Cl)c21.[Cu+2]. The van der Waals surface area contributed by atoms with Gasteiger partial charge in [-0.1, -0.05) is 46.4 Å². The Labute approximate surface area is 450 Å². The fourth-order valence-corrected chi connectivity index (χ4v) is 14.2. The third-order valence-corrected chi connectivity index (χ3v) is 24.7. The molecule has 0 N–H and O–H groups in total. The third-order valence-electron chi connectivity index (χ3n) is 8.55. The van der Waals surface area contributed by atoms with Gasteiger partial charge in [-0.2, -0.15) is 0 Å². The zero-order valence-electron chi connectivity index (χ0n) is 25.9. The van der Waals surface area contributed by atoms with Crippen LogP contribution in [0.25, 0.3) is 89.7 Å². The Kier molecular flexibility index (Phi) is 13.2. The number of hydrogen-bond donors (Lipinski definition) is 0. The first-order valence-corrected chi connectivity index (χ1v) is 25.6. The Morgan fingerprint density at radius 1 is 0.281 bits per heavy atom. The number of aromatic nitrogens is 8. The minimum Gasteiger partial charge on any atom is -0.357 e. The first-order valence-electron chi connectivity index (χ1n) is 14.6. The third kappa shape index (κ3) is 6.84. The predicted octanol–water partition coefficient (Wildman–Crippen LogP) is 17.9. The molecule has 291 valence electrons. The van der Waals surface area contributed by atoms with E-state index in [2.05, 4.69) is 191 Å². The molecule has 0 aliphatic carbocycles. The van der Waals surface area contributed by atoms with Crippen molar-refractivity contribution in [1.29, 1.82) is 0 Å². The van der Waals surface area contributed by atoms with E-state index in [4.69, 9.17) is 86.3 Å². The van der Waals surface area contributed by atoms with Gasteiger partial charge in [-0.3, -0.25) is 0 Å². The quantitative estimate of drug-likeness (QED) is 0.0840. The molecule has 2 aliphatic heterocycles. The van der Waals surface area contributed by atoms with E-state index in [1.807, 2.05) is 0 Å². The van der Waals surface area contributed by atoms with Gasteiger partial charge in [0.05, 0.1) is 61.3 Å². The van der Waals surface area contributed by atoms with Crippen molar-refractivity contribution in [1.82, 2.24) is 39.9 Å². The van der Waals surface area contributed by atoms with E-state index in [1.165, 1.54) is 0 Å². The first kappa shape index (κ1) is 45.3. The van der Waals surface area contributed by atoms with Crippen LogP contribution < -0.4 is 9.97 Å². The smallest absolute Gasteiger partial charge is 0.357 e. The van der Waals surface area contributed by atoms with Crippen molar-refractivity contribution < 1.29 is 17.1 Å². The van der Waals surface area contributed by atoms with E-state index in [9.17, 15) is 0 Å². The summed E-state index contributed by atoms with van der Waals surface area (Å²) in [6, 6.07) is 0. The fourth-order valence-electron chi connectivity index (χ4n) is 6.10. The van der Waals surface area contributed by atoms with Crippen molar-refractivity contribution in [3.8, 4) is 45.6 Å². The summed E-state index contributed by atoms with van der Waals surface area (Å²) in [6.45, 7) is 0. The van der Waals surface area contributed by atoms with Gasteiger partial charge in [-0.25, -0.2) is 9.97 Å². The van der Waals surface area contributed by atoms with Crippen LogP contribution in [0.15, 0.2) is 53.7 Å². The van der Waals surface area contributed by atoms with E-state index in [0.29, 0.717) is 118 Å². The molecule has 2 aliphatic rings. The van der Waals surface area contributed by atoms with Crippen LogP contribution in [0.2, 0.25) is 20.1 Å². The van der Waals surface area contributed by atoms with Crippen molar-refractivity contribution in [3.05, 3.63) is 73.8 Å². The molecule has 8 nitrogen and oxygen atoms in total. The van der Waals surface area contributed by atoms with Gasteiger partial charge in [0.15, 0.2) is 0 Å². The summed E-state index contributed by atoms with van der Waals surface area (Å²) < 4.78 is 7.22. The Morgan fingerprint density at radius 2 is 0.544 bits per heavy atom. The summed E-state index contributed by atoms with van der Waals surface area (Å²) in [5.74, 6) is 0.868. The summed E-state index contributed by atoms with van der Waals surface area (Å²) in [4.78, 5) is 40.1. The van der Waals surface area contributed by atoms with Crippen LogP contribution in [-0.4, -0.2) is 29.9 Å². The van der Waals surface area contributed by atoms with Crippen LogP contribution in [0.4, 0.5) is 0 Å². The molecule has 0 spiro atoms. The monoisotopic (exact) mass is 1650 g/mol. The average Bonchev–Trinajstić information content (AvgIpc) is 3.92. The van der Waals surface area contributed by atoms with Gasteiger partial charge in [0.1, 0.15) is 0 Å². The number of rotatable bonds is 0. The van der Waals surface area contributed by atoms with Gasteiger partial charge in [0.2, 0.25) is 0 Å². The van der Waals surface area contributed by atoms with Gasteiger partial charge in [-0.05, 0) is 191 Å². The van der Waals surface area contributed by atoms with Crippen LogP contribution in [0, 0.1) is 0 Å². The van der Waals surface area contributed by atoms with Gasteiger partial charge in [0.25, 0.3) is 0 Å². The minimum atomic E-state index is 0. The Morgan fingerprint density at radius 3 is 0.877 bits per heavy atom. The van der Waals surface area contributed by atoms with Crippen LogP contribution in [-0.2, 0) is 17.1 Å². The van der Waals surface area contributed by atoms with Crippen molar-refractivity contribution in [2.45, 2.75) is 0 Å². The predicted molar refractivity (Wildman–Crippen MR) is 266 cm³/mol. The molecule has 0 saturated heterocycles. The van der Waals surface area contributed by atoms with Crippen molar-refractivity contribution in [2.75, 3.05) is 0 Å². The van der Waals surface area contributed by atoms with Crippen LogP contribution in [0.3, 0.4) is 0 Å². The van der Waals surface area contributed by atoms with Crippen molar-refractivity contribution in [3.63, 3.8) is 0 Å². The largest absolute Gasteiger partial charge is 2.00 e. The molecular formula is C32Br12Cl4CuN8. The summed E-state index contributed by atoms with van der Waals surface area (Å²) >= 11 is 72.4. The summed E-state index contributed by atoms with van der Waals surface area (Å²) in [5.41, 5.74) is 2.90. The number of benzene rings is 4. The van der Waals surface area contributed by atoms with Crippen molar-refractivity contribution >= 4 is 282 Å². The summed E-state index contributed by atoms with van der Waals surface area (Å²) in [7, 11) is 0. The Bertz CT molecular complexity index is 2840. The molecular weight excluding hydrogens is 1660 g/mol. The second kappa shape index (κ2) is 16.6. The Balaban J connectivity index is 0.00000455. The molecule has 5 heterocycles. The number of hydrogen-bond acceptors (Lipinski definition) is 6. The maximum atomic E-state index is 7.09. The molecule has 1 radical (unpaired) electrons. The number of nitrogens with zero attached hydrogens (tertiary/aromatic N) is 8.